The third-order valence-corrected chi connectivity index (χ3v) is 3.56. The van der Waals surface area contributed by atoms with Gasteiger partial charge in [-0.1, -0.05) is 6.92 Å². The fraction of sp³-hybridized carbons (Fsp3) is 0.455. The van der Waals surface area contributed by atoms with Crippen molar-refractivity contribution < 1.29 is 5.11 Å². The maximum Gasteiger partial charge on any atom is 0.144 e. The van der Waals surface area contributed by atoms with E-state index in [9.17, 15) is 5.11 Å². The summed E-state index contributed by atoms with van der Waals surface area (Å²) < 4.78 is 4.22. The van der Waals surface area contributed by atoms with Crippen LogP contribution in [0.25, 0.3) is 10.2 Å². The molecule has 0 aliphatic rings. The van der Waals surface area contributed by atoms with E-state index in [4.69, 9.17) is 0 Å². The Morgan fingerprint density at radius 1 is 1.33 bits per heavy atom. The Bertz CT molecular complexity index is 505. The molecule has 0 saturated heterocycles. The first kappa shape index (κ1) is 10.5. The third-order valence-electron chi connectivity index (χ3n) is 2.78. The van der Waals surface area contributed by atoms with Crippen molar-refractivity contribution >= 4 is 21.7 Å². The van der Waals surface area contributed by atoms with E-state index in [1.54, 1.807) is 0 Å². The zero-order valence-electron chi connectivity index (χ0n) is 9.16. The Labute approximate surface area is 93.0 Å². The summed E-state index contributed by atoms with van der Waals surface area (Å²) in [5.74, 6) is 0. The van der Waals surface area contributed by atoms with Crippen molar-refractivity contribution in [2.45, 2.75) is 33.8 Å². The van der Waals surface area contributed by atoms with Crippen LogP contribution in [0.3, 0.4) is 0 Å². The molecule has 3 nitrogen and oxygen atoms in total. The lowest BCUT2D eigenvalue weighted by molar-refractivity contribution is 0.279. The van der Waals surface area contributed by atoms with Gasteiger partial charge in [-0.25, -0.2) is 4.98 Å². The standard InChI is InChI=1S/C11H14N2OS/c1-4-8-6(2)10-9(5-14)13-15-11(10)12-7(8)3/h14H,4-5H2,1-3H3. The van der Waals surface area contributed by atoms with Gasteiger partial charge in [0.25, 0.3) is 0 Å². The highest BCUT2D eigenvalue weighted by Crippen LogP contribution is 2.28. The quantitative estimate of drug-likeness (QED) is 0.848. The normalized spacial score (nSPS) is 11.2. The molecule has 0 aliphatic carbocycles. The van der Waals surface area contributed by atoms with Gasteiger partial charge in [-0.2, -0.15) is 4.37 Å². The highest BCUT2D eigenvalue weighted by molar-refractivity contribution is 7.13. The SMILES string of the molecule is CCc1c(C)nc2snc(CO)c2c1C. The van der Waals surface area contributed by atoms with Crippen LogP contribution < -0.4 is 0 Å². The van der Waals surface area contributed by atoms with Gasteiger partial charge in [0.15, 0.2) is 0 Å². The monoisotopic (exact) mass is 222 g/mol. The summed E-state index contributed by atoms with van der Waals surface area (Å²) in [4.78, 5) is 5.46. The summed E-state index contributed by atoms with van der Waals surface area (Å²) in [5, 5.41) is 10.2. The number of rotatable bonds is 2. The molecule has 0 radical (unpaired) electrons. The van der Waals surface area contributed by atoms with Gasteiger partial charge in [0, 0.05) is 11.1 Å². The maximum atomic E-state index is 9.20. The highest BCUT2D eigenvalue weighted by Gasteiger charge is 2.13. The number of nitrogens with zero attached hydrogens (tertiary/aromatic N) is 2. The highest BCUT2D eigenvalue weighted by atomic mass is 32.1. The number of aryl methyl sites for hydroxylation is 2. The number of hydrogen-bond donors (Lipinski definition) is 1. The largest absolute Gasteiger partial charge is 0.390 e. The molecule has 0 spiro atoms. The van der Waals surface area contributed by atoms with Crippen molar-refractivity contribution in [2.24, 2.45) is 0 Å². The average Bonchev–Trinajstić information content (AvgIpc) is 2.61. The van der Waals surface area contributed by atoms with Crippen LogP contribution in [0.4, 0.5) is 0 Å². The van der Waals surface area contributed by atoms with Crippen LogP contribution in [-0.4, -0.2) is 14.5 Å². The first-order chi connectivity index (χ1) is 7.19. The summed E-state index contributed by atoms with van der Waals surface area (Å²) >= 11 is 1.36. The molecule has 0 atom stereocenters. The molecular weight excluding hydrogens is 208 g/mol. The zero-order chi connectivity index (χ0) is 11.0. The molecule has 1 N–H and O–H groups in total. The second-order valence-electron chi connectivity index (χ2n) is 3.62. The van der Waals surface area contributed by atoms with Crippen molar-refractivity contribution in [3.8, 4) is 0 Å². The Balaban J connectivity index is 2.83. The third kappa shape index (κ3) is 1.54. The predicted molar refractivity (Wildman–Crippen MR) is 62.2 cm³/mol. The molecule has 2 heterocycles. The minimum absolute atomic E-state index is 0.00522. The van der Waals surface area contributed by atoms with Gasteiger partial charge in [-0.05, 0) is 42.9 Å². The Kier molecular flexibility index (Phi) is 2.71. The van der Waals surface area contributed by atoms with Crippen LogP contribution in [0, 0.1) is 13.8 Å². The second-order valence-corrected chi connectivity index (χ2v) is 4.37. The molecule has 0 bridgehead atoms. The molecular formula is C11H14N2OS. The van der Waals surface area contributed by atoms with Gasteiger partial charge in [-0.3, -0.25) is 0 Å². The number of pyridine rings is 1. The summed E-state index contributed by atoms with van der Waals surface area (Å²) in [7, 11) is 0. The Morgan fingerprint density at radius 3 is 2.67 bits per heavy atom. The van der Waals surface area contributed by atoms with E-state index in [1.165, 1.54) is 22.7 Å². The number of aromatic nitrogens is 2. The van der Waals surface area contributed by atoms with Crippen LogP contribution >= 0.6 is 11.5 Å². The molecule has 2 aromatic rings. The van der Waals surface area contributed by atoms with Crippen LogP contribution in [0.5, 0.6) is 0 Å². The van der Waals surface area contributed by atoms with Gasteiger partial charge in [0.2, 0.25) is 0 Å². The molecule has 2 aromatic heterocycles. The van der Waals surface area contributed by atoms with Crippen LogP contribution in [0.15, 0.2) is 0 Å². The van der Waals surface area contributed by atoms with E-state index < -0.39 is 0 Å². The molecule has 2 rings (SSSR count). The van der Waals surface area contributed by atoms with Crippen molar-refractivity contribution in [1.82, 2.24) is 9.36 Å². The van der Waals surface area contributed by atoms with E-state index in [1.807, 2.05) is 6.92 Å². The maximum absolute atomic E-state index is 9.20. The molecule has 15 heavy (non-hydrogen) atoms. The minimum Gasteiger partial charge on any atom is -0.390 e. The number of hydrogen-bond acceptors (Lipinski definition) is 4. The Hall–Kier alpha value is -1.00. The number of aliphatic hydroxyl groups excluding tert-OH is 1. The lowest BCUT2D eigenvalue weighted by Crippen LogP contribution is -1.97. The summed E-state index contributed by atoms with van der Waals surface area (Å²) in [5.41, 5.74) is 4.33. The average molecular weight is 222 g/mol. The van der Waals surface area contributed by atoms with Gasteiger partial charge >= 0.3 is 0 Å². The fourth-order valence-corrected chi connectivity index (χ4v) is 2.92. The summed E-state index contributed by atoms with van der Waals surface area (Å²) in [6.45, 7) is 6.24. The smallest absolute Gasteiger partial charge is 0.144 e. The first-order valence-electron chi connectivity index (χ1n) is 5.04. The van der Waals surface area contributed by atoms with E-state index in [-0.39, 0.29) is 6.61 Å². The minimum atomic E-state index is -0.00522. The van der Waals surface area contributed by atoms with Crippen molar-refractivity contribution in [3.05, 3.63) is 22.5 Å². The van der Waals surface area contributed by atoms with Crippen LogP contribution in [-0.2, 0) is 13.0 Å². The molecule has 0 aromatic carbocycles. The van der Waals surface area contributed by atoms with Crippen LogP contribution in [0.2, 0.25) is 0 Å². The van der Waals surface area contributed by atoms with E-state index in [2.05, 4.69) is 23.2 Å². The lowest BCUT2D eigenvalue weighted by atomic mass is 10.0. The zero-order valence-corrected chi connectivity index (χ0v) is 9.98. The number of aliphatic hydroxyl groups is 1. The van der Waals surface area contributed by atoms with Crippen molar-refractivity contribution in [1.29, 1.82) is 0 Å². The van der Waals surface area contributed by atoms with Gasteiger partial charge < -0.3 is 5.11 Å². The summed E-state index contributed by atoms with van der Waals surface area (Å²) in [6.07, 6.45) is 0.974. The molecule has 80 valence electrons. The van der Waals surface area contributed by atoms with Crippen LogP contribution in [0.1, 0.15) is 29.4 Å². The molecule has 0 unspecified atom stereocenters. The van der Waals surface area contributed by atoms with Crippen molar-refractivity contribution in [3.63, 3.8) is 0 Å². The first-order valence-corrected chi connectivity index (χ1v) is 5.81. The molecule has 0 fully saturated rings. The van der Waals surface area contributed by atoms with Gasteiger partial charge in [-0.15, -0.1) is 0 Å². The molecule has 0 saturated carbocycles. The van der Waals surface area contributed by atoms with Gasteiger partial charge in [0.1, 0.15) is 4.83 Å². The molecule has 0 aliphatic heterocycles. The van der Waals surface area contributed by atoms with Gasteiger partial charge in [0.05, 0.1) is 12.3 Å². The molecule has 4 heteroatoms. The van der Waals surface area contributed by atoms with E-state index in [0.29, 0.717) is 0 Å². The molecule has 0 amide bonds. The predicted octanol–water partition coefficient (Wildman–Crippen LogP) is 2.36. The lowest BCUT2D eigenvalue weighted by Gasteiger charge is -2.08. The Morgan fingerprint density at radius 2 is 2.07 bits per heavy atom. The van der Waals surface area contributed by atoms with Crippen molar-refractivity contribution in [2.75, 3.05) is 0 Å². The second kappa shape index (κ2) is 3.87. The van der Waals surface area contributed by atoms with E-state index >= 15 is 0 Å². The van der Waals surface area contributed by atoms with E-state index in [0.717, 1.165) is 28.0 Å². The number of fused-ring (bicyclic) bond motifs is 1. The topological polar surface area (TPSA) is 46.0 Å². The fourth-order valence-electron chi connectivity index (χ4n) is 2.04. The summed E-state index contributed by atoms with van der Waals surface area (Å²) in [6, 6.07) is 0.